The van der Waals surface area contributed by atoms with Crippen molar-refractivity contribution < 1.29 is 17.9 Å². The number of rotatable bonds is 6. The fourth-order valence-electron chi connectivity index (χ4n) is 5.07. The highest BCUT2D eigenvalue weighted by atomic mass is 32.2. The highest BCUT2D eigenvalue weighted by molar-refractivity contribution is 7.92. The monoisotopic (exact) mass is 496 g/mol. The van der Waals surface area contributed by atoms with E-state index in [2.05, 4.69) is 9.97 Å². The molecule has 0 saturated carbocycles. The maximum Gasteiger partial charge on any atom is 0.258 e. The smallest absolute Gasteiger partial charge is 0.258 e. The van der Waals surface area contributed by atoms with Gasteiger partial charge >= 0.3 is 0 Å². The molecule has 1 fully saturated rings. The van der Waals surface area contributed by atoms with E-state index < -0.39 is 10.0 Å². The van der Waals surface area contributed by atoms with E-state index in [0.717, 1.165) is 18.4 Å². The number of carbonyl (C=O) groups excluding carboxylic acids is 1. The second-order valence-corrected chi connectivity index (χ2v) is 11.2. The first-order valence-corrected chi connectivity index (χ1v) is 13.6. The number of anilines is 1. The minimum atomic E-state index is -3.41. The van der Waals surface area contributed by atoms with E-state index in [9.17, 15) is 18.0 Å². The van der Waals surface area contributed by atoms with Crippen LogP contribution in [-0.4, -0.2) is 60.7 Å². The molecule has 184 valence electrons. The Balaban J connectivity index is 1.46. The minimum absolute atomic E-state index is 0.0821. The maximum atomic E-state index is 13.7. The van der Waals surface area contributed by atoms with Gasteiger partial charge in [-0.05, 0) is 62.1 Å². The number of hydrogen-bond acceptors (Lipinski definition) is 6. The van der Waals surface area contributed by atoms with Crippen molar-refractivity contribution in [2.45, 2.75) is 44.9 Å². The molecule has 0 spiro atoms. The van der Waals surface area contributed by atoms with Gasteiger partial charge in [-0.2, -0.15) is 0 Å². The molecule has 0 aliphatic carbocycles. The molecule has 5 rings (SSSR count). The SMILES string of the molecule is CC1Cc2cc(C(=O)N(Cc3nc4ccccc4c(=O)[nH]3)CC3CCCO3)ccc2N1S(C)(=O)=O. The number of fused-ring (bicyclic) bond motifs is 2. The van der Waals surface area contributed by atoms with Gasteiger partial charge in [0.15, 0.2) is 0 Å². The van der Waals surface area contributed by atoms with Crippen LogP contribution in [0.25, 0.3) is 10.9 Å². The molecule has 2 aliphatic heterocycles. The number of aromatic amines is 1. The molecule has 2 aliphatic rings. The molecular weight excluding hydrogens is 468 g/mol. The highest BCUT2D eigenvalue weighted by Gasteiger charge is 2.33. The summed E-state index contributed by atoms with van der Waals surface area (Å²) in [4.78, 5) is 35.2. The zero-order chi connectivity index (χ0) is 24.7. The number of benzene rings is 2. The van der Waals surface area contributed by atoms with Gasteiger partial charge in [0.05, 0.1) is 35.5 Å². The average molecular weight is 497 g/mol. The van der Waals surface area contributed by atoms with Crippen LogP contribution in [0, 0.1) is 0 Å². The normalized spacial score (nSPS) is 19.8. The van der Waals surface area contributed by atoms with E-state index in [1.807, 2.05) is 13.0 Å². The lowest BCUT2D eigenvalue weighted by Gasteiger charge is -2.26. The van der Waals surface area contributed by atoms with Gasteiger partial charge in [0.25, 0.3) is 11.5 Å². The van der Waals surface area contributed by atoms with Crippen molar-refractivity contribution in [2.24, 2.45) is 0 Å². The van der Waals surface area contributed by atoms with Crippen molar-refractivity contribution >= 4 is 32.5 Å². The fourth-order valence-corrected chi connectivity index (χ4v) is 6.33. The number of para-hydroxylation sites is 1. The molecule has 2 unspecified atom stereocenters. The molecule has 10 heteroatoms. The maximum absolute atomic E-state index is 13.7. The molecule has 2 atom stereocenters. The van der Waals surface area contributed by atoms with Gasteiger partial charge in [-0.3, -0.25) is 13.9 Å². The Morgan fingerprint density at radius 2 is 2.06 bits per heavy atom. The van der Waals surface area contributed by atoms with E-state index in [4.69, 9.17) is 4.74 Å². The van der Waals surface area contributed by atoms with Crippen LogP contribution < -0.4 is 9.86 Å². The summed E-state index contributed by atoms with van der Waals surface area (Å²) in [5, 5.41) is 0.497. The van der Waals surface area contributed by atoms with Crippen LogP contribution in [0.5, 0.6) is 0 Å². The summed E-state index contributed by atoms with van der Waals surface area (Å²) in [5.41, 5.74) is 2.23. The van der Waals surface area contributed by atoms with Crippen LogP contribution >= 0.6 is 0 Å². The predicted octanol–water partition coefficient (Wildman–Crippen LogP) is 2.46. The van der Waals surface area contributed by atoms with Crippen LogP contribution in [0.1, 0.15) is 41.5 Å². The van der Waals surface area contributed by atoms with E-state index in [-0.39, 0.29) is 30.2 Å². The summed E-state index contributed by atoms with van der Waals surface area (Å²) in [6.45, 7) is 3.02. The van der Waals surface area contributed by atoms with Gasteiger partial charge in [-0.1, -0.05) is 12.1 Å². The highest BCUT2D eigenvalue weighted by Crippen LogP contribution is 2.35. The van der Waals surface area contributed by atoms with Gasteiger partial charge in [0.1, 0.15) is 5.82 Å². The second kappa shape index (κ2) is 9.09. The standard InChI is InChI=1S/C25H28N4O5S/c1-16-12-18-13-17(9-10-22(18)29(16)35(2,32)33)25(31)28(14-19-6-5-11-34-19)15-23-26-21-8-4-3-7-20(21)24(30)27-23/h3-4,7-10,13,16,19H,5-6,11-12,14-15H2,1-2H3,(H,26,27,30). The van der Waals surface area contributed by atoms with E-state index in [1.165, 1.54) is 10.6 Å². The molecule has 0 radical (unpaired) electrons. The second-order valence-electron chi connectivity index (χ2n) is 9.31. The number of aromatic nitrogens is 2. The summed E-state index contributed by atoms with van der Waals surface area (Å²) in [7, 11) is -3.41. The first-order valence-electron chi connectivity index (χ1n) is 11.7. The van der Waals surface area contributed by atoms with Crippen molar-refractivity contribution in [3.8, 4) is 0 Å². The third-order valence-corrected chi connectivity index (χ3v) is 7.85. The van der Waals surface area contributed by atoms with Crippen molar-refractivity contribution in [1.29, 1.82) is 0 Å². The number of amides is 1. The molecule has 3 aromatic rings. The molecule has 2 aromatic carbocycles. The van der Waals surface area contributed by atoms with Crippen molar-refractivity contribution in [1.82, 2.24) is 14.9 Å². The van der Waals surface area contributed by atoms with Crippen LogP contribution in [-0.2, 0) is 27.7 Å². The number of nitrogens with zero attached hydrogens (tertiary/aromatic N) is 3. The molecule has 3 heterocycles. The van der Waals surface area contributed by atoms with Crippen LogP contribution in [0.2, 0.25) is 0 Å². The molecule has 35 heavy (non-hydrogen) atoms. The number of H-pyrrole nitrogens is 1. The van der Waals surface area contributed by atoms with Gasteiger partial charge < -0.3 is 14.6 Å². The van der Waals surface area contributed by atoms with Gasteiger partial charge in [0, 0.05) is 24.8 Å². The van der Waals surface area contributed by atoms with Crippen LogP contribution in [0.15, 0.2) is 47.3 Å². The van der Waals surface area contributed by atoms with Crippen molar-refractivity contribution in [2.75, 3.05) is 23.7 Å². The fraction of sp³-hybridized carbons (Fsp3) is 0.400. The van der Waals surface area contributed by atoms with E-state index >= 15 is 0 Å². The molecule has 1 saturated heterocycles. The summed E-state index contributed by atoms with van der Waals surface area (Å²) in [5.74, 6) is 0.183. The molecule has 1 N–H and O–H groups in total. The number of sulfonamides is 1. The number of hydrogen-bond donors (Lipinski definition) is 1. The Bertz CT molecular complexity index is 1450. The number of carbonyl (C=O) groups is 1. The topological polar surface area (TPSA) is 113 Å². The molecule has 0 bridgehead atoms. The van der Waals surface area contributed by atoms with Crippen LogP contribution in [0.3, 0.4) is 0 Å². The molecule has 1 aromatic heterocycles. The Kier molecular flexibility index (Phi) is 6.10. The largest absolute Gasteiger partial charge is 0.376 e. The predicted molar refractivity (Wildman–Crippen MR) is 133 cm³/mol. The summed E-state index contributed by atoms with van der Waals surface area (Å²) in [6.07, 6.45) is 3.45. The minimum Gasteiger partial charge on any atom is -0.376 e. The molecule has 1 amide bonds. The zero-order valence-corrected chi connectivity index (χ0v) is 20.5. The van der Waals surface area contributed by atoms with Gasteiger partial charge in [-0.15, -0.1) is 0 Å². The lowest BCUT2D eigenvalue weighted by Crippen LogP contribution is -2.38. The lowest BCUT2D eigenvalue weighted by molar-refractivity contribution is 0.0501. The lowest BCUT2D eigenvalue weighted by atomic mass is 10.1. The van der Waals surface area contributed by atoms with Gasteiger partial charge in [0.2, 0.25) is 10.0 Å². The first-order chi connectivity index (χ1) is 16.7. The Morgan fingerprint density at radius 1 is 1.26 bits per heavy atom. The Hall–Kier alpha value is -3.24. The third-order valence-electron chi connectivity index (χ3n) is 6.57. The molecular formula is C25H28N4O5S. The first kappa shape index (κ1) is 23.5. The van der Waals surface area contributed by atoms with E-state index in [0.29, 0.717) is 47.6 Å². The van der Waals surface area contributed by atoms with Crippen molar-refractivity contribution in [3.63, 3.8) is 0 Å². The average Bonchev–Trinajstić information content (AvgIpc) is 3.44. The van der Waals surface area contributed by atoms with Gasteiger partial charge in [-0.25, -0.2) is 13.4 Å². The molecule has 9 nitrogen and oxygen atoms in total. The van der Waals surface area contributed by atoms with Crippen LogP contribution in [0.4, 0.5) is 5.69 Å². The van der Waals surface area contributed by atoms with Crippen molar-refractivity contribution in [3.05, 3.63) is 69.8 Å². The summed E-state index contributed by atoms with van der Waals surface area (Å²) < 4.78 is 31.7. The third kappa shape index (κ3) is 4.68. The summed E-state index contributed by atoms with van der Waals surface area (Å²) >= 11 is 0. The Morgan fingerprint density at radius 3 is 2.80 bits per heavy atom. The Labute approximate surface area is 203 Å². The number of nitrogens with one attached hydrogen (secondary N) is 1. The quantitative estimate of drug-likeness (QED) is 0.561. The van der Waals surface area contributed by atoms with E-state index in [1.54, 1.807) is 41.3 Å². The number of ether oxygens (including phenoxy) is 1. The summed E-state index contributed by atoms with van der Waals surface area (Å²) in [6, 6.07) is 12.0. The zero-order valence-electron chi connectivity index (χ0n) is 19.7.